The number of ketones is 1. The van der Waals surface area contributed by atoms with Crippen molar-refractivity contribution in [2.75, 3.05) is 25.2 Å². The summed E-state index contributed by atoms with van der Waals surface area (Å²) in [4.78, 5) is 26.0. The van der Waals surface area contributed by atoms with Crippen LogP contribution >= 0.6 is 0 Å². The van der Waals surface area contributed by atoms with Gasteiger partial charge in [0.2, 0.25) is 6.79 Å². The molecule has 4 rings (SSSR count). The first kappa shape index (κ1) is 17.6. The summed E-state index contributed by atoms with van der Waals surface area (Å²) in [6, 6.07) is 7.79. The zero-order valence-corrected chi connectivity index (χ0v) is 15.6. The Morgan fingerprint density at radius 1 is 1.30 bits per heavy atom. The van der Waals surface area contributed by atoms with Crippen molar-refractivity contribution < 1.29 is 24.0 Å². The maximum atomic E-state index is 12.7. The van der Waals surface area contributed by atoms with Crippen molar-refractivity contribution in [2.24, 2.45) is 7.05 Å². The zero-order chi connectivity index (χ0) is 19.0. The monoisotopic (exact) mass is 370 g/mol. The Kier molecular flexibility index (Phi) is 4.61. The molecule has 1 saturated heterocycles. The van der Waals surface area contributed by atoms with Gasteiger partial charge in [-0.15, -0.1) is 0 Å². The smallest absolute Gasteiger partial charge is 0.279 e. The molecule has 0 saturated carbocycles. The third-order valence-electron chi connectivity index (χ3n) is 5.38. The first-order valence-corrected chi connectivity index (χ1v) is 9.23. The average Bonchev–Trinajstić information content (AvgIpc) is 3.34. The van der Waals surface area contributed by atoms with Crippen LogP contribution in [0.15, 0.2) is 30.5 Å². The molecule has 3 heterocycles. The number of hydrogen-bond donors (Lipinski definition) is 2. The molecule has 2 atom stereocenters. The minimum atomic E-state index is -0.126. The Morgan fingerprint density at radius 3 is 2.78 bits per heavy atom. The molecular formula is C20H24N3O4+. The van der Waals surface area contributed by atoms with E-state index in [4.69, 9.17) is 9.47 Å². The van der Waals surface area contributed by atoms with Crippen LogP contribution in [0, 0.1) is 0 Å². The van der Waals surface area contributed by atoms with E-state index in [9.17, 15) is 9.59 Å². The fraction of sp³-hybridized carbons (Fsp3) is 0.400. The molecule has 7 heteroatoms. The summed E-state index contributed by atoms with van der Waals surface area (Å²) in [6.07, 6.45) is 4.21. The van der Waals surface area contributed by atoms with Gasteiger partial charge in [-0.3, -0.25) is 9.59 Å². The van der Waals surface area contributed by atoms with Gasteiger partial charge in [-0.25, -0.2) is 0 Å². The lowest BCUT2D eigenvalue weighted by molar-refractivity contribution is -0.910. The molecule has 1 amide bonds. The zero-order valence-electron chi connectivity index (χ0n) is 15.6. The van der Waals surface area contributed by atoms with Crippen LogP contribution in [-0.4, -0.2) is 36.1 Å². The summed E-state index contributed by atoms with van der Waals surface area (Å²) in [5, 5.41) is 2.91. The molecule has 0 spiro atoms. The van der Waals surface area contributed by atoms with Crippen LogP contribution in [0.3, 0.4) is 0 Å². The summed E-state index contributed by atoms with van der Waals surface area (Å²) in [5.74, 6) is 0.851. The number of hydrogen-bond acceptors (Lipinski definition) is 4. The van der Waals surface area contributed by atoms with Crippen molar-refractivity contribution in [2.45, 2.75) is 25.8 Å². The number of nitrogens with one attached hydrogen (secondary N) is 2. The van der Waals surface area contributed by atoms with Crippen molar-refractivity contribution in [3.05, 3.63) is 41.7 Å². The predicted octanol–water partition coefficient (Wildman–Crippen LogP) is 1.31. The number of amides is 1. The van der Waals surface area contributed by atoms with E-state index in [-0.39, 0.29) is 18.5 Å². The standard InChI is InChI=1S/C20H23N3O4/c1-13(24)14-9-18-19(27-12-26-18)10-15(14)21-20(25)11-23-8-4-6-17(23)16-5-3-7-22(16)2/h3,5,7,9-10,17H,4,6,8,11-12H2,1-2H3,(H,21,25)/p+1/t17-/m0/s1. The van der Waals surface area contributed by atoms with Crippen molar-refractivity contribution in [1.82, 2.24) is 4.57 Å². The largest absolute Gasteiger partial charge is 0.454 e. The molecule has 0 radical (unpaired) electrons. The van der Waals surface area contributed by atoms with Crippen molar-refractivity contribution >= 4 is 17.4 Å². The van der Waals surface area contributed by atoms with Crippen LogP contribution < -0.4 is 19.7 Å². The van der Waals surface area contributed by atoms with E-state index in [0.717, 1.165) is 19.4 Å². The van der Waals surface area contributed by atoms with Crippen LogP contribution in [0.5, 0.6) is 11.5 Å². The number of likely N-dealkylation sites (tertiary alicyclic amines) is 1. The number of fused-ring (bicyclic) bond motifs is 1. The van der Waals surface area contributed by atoms with Crippen molar-refractivity contribution in [3.63, 3.8) is 0 Å². The number of rotatable bonds is 5. The normalized spacial score (nSPS) is 20.7. The van der Waals surface area contributed by atoms with E-state index in [1.807, 2.05) is 19.3 Å². The van der Waals surface area contributed by atoms with E-state index in [1.54, 1.807) is 12.1 Å². The second kappa shape index (κ2) is 7.08. The average molecular weight is 370 g/mol. The first-order chi connectivity index (χ1) is 13.0. The van der Waals surface area contributed by atoms with Gasteiger partial charge in [0.1, 0.15) is 6.04 Å². The fourth-order valence-electron chi connectivity index (χ4n) is 4.05. The topological polar surface area (TPSA) is 74.0 Å². The molecule has 27 heavy (non-hydrogen) atoms. The van der Waals surface area contributed by atoms with Gasteiger partial charge in [0.05, 0.1) is 17.9 Å². The van der Waals surface area contributed by atoms with Gasteiger partial charge >= 0.3 is 0 Å². The molecule has 1 aromatic carbocycles. The molecule has 0 aliphatic carbocycles. The van der Waals surface area contributed by atoms with Gasteiger partial charge in [0.15, 0.2) is 23.8 Å². The second-order valence-corrected chi connectivity index (χ2v) is 7.18. The third kappa shape index (κ3) is 3.42. The van der Waals surface area contributed by atoms with Crippen LogP contribution in [-0.2, 0) is 11.8 Å². The van der Waals surface area contributed by atoms with E-state index >= 15 is 0 Å². The fourth-order valence-corrected chi connectivity index (χ4v) is 4.05. The lowest BCUT2D eigenvalue weighted by Crippen LogP contribution is -3.11. The number of quaternary nitrogens is 1. The van der Waals surface area contributed by atoms with E-state index in [1.165, 1.54) is 17.5 Å². The molecule has 2 aromatic rings. The number of carbonyl (C=O) groups is 2. The second-order valence-electron chi connectivity index (χ2n) is 7.18. The number of carbonyl (C=O) groups excluding carboxylic acids is 2. The SMILES string of the molecule is CC(=O)c1cc2c(cc1NC(=O)C[NH+]1CCC[C@H]1c1cccn1C)OCO2. The lowest BCUT2D eigenvalue weighted by atomic mass is 10.1. The summed E-state index contributed by atoms with van der Waals surface area (Å²) in [6.45, 7) is 2.93. The highest BCUT2D eigenvalue weighted by molar-refractivity contribution is 6.04. The number of ether oxygens (including phenoxy) is 2. The molecule has 142 valence electrons. The van der Waals surface area contributed by atoms with Crippen molar-refractivity contribution in [1.29, 1.82) is 0 Å². The van der Waals surface area contributed by atoms with Crippen molar-refractivity contribution in [3.8, 4) is 11.5 Å². The Hall–Kier alpha value is -2.80. The molecule has 2 aliphatic rings. The quantitative estimate of drug-likeness (QED) is 0.779. The molecule has 2 aliphatic heterocycles. The molecule has 2 N–H and O–H groups in total. The van der Waals surface area contributed by atoms with Crippen LogP contribution in [0.2, 0.25) is 0 Å². The molecule has 1 aromatic heterocycles. The summed E-state index contributed by atoms with van der Waals surface area (Å²) in [5.41, 5.74) is 2.16. The van der Waals surface area contributed by atoms with E-state index in [2.05, 4.69) is 16.0 Å². The van der Waals surface area contributed by atoms with Gasteiger partial charge in [0, 0.05) is 37.7 Å². The number of anilines is 1. The Morgan fingerprint density at radius 2 is 2.07 bits per heavy atom. The Labute approximate surface area is 157 Å². The summed E-state index contributed by atoms with van der Waals surface area (Å²) >= 11 is 0. The van der Waals surface area contributed by atoms with Crippen LogP contribution in [0.1, 0.15) is 41.9 Å². The Balaban J connectivity index is 1.50. The molecule has 1 unspecified atom stereocenters. The highest BCUT2D eigenvalue weighted by atomic mass is 16.7. The summed E-state index contributed by atoms with van der Waals surface area (Å²) < 4.78 is 12.8. The number of aromatic nitrogens is 1. The third-order valence-corrected chi connectivity index (χ3v) is 5.38. The lowest BCUT2D eigenvalue weighted by Gasteiger charge is -2.22. The number of nitrogens with zero attached hydrogens (tertiary/aromatic N) is 1. The van der Waals surface area contributed by atoms with Crippen LogP contribution in [0.25, 0.3) is 0 Å². The van der Waals surface area contributed by atoms with Crippen LogP contribution in [0.4, 0.5) is 5.69 Å². The first-order valence-electron chi connectivity index (χ1n) is 9.23. The maximum absolute atomic E-state index is 12.7. The summed E-state index contributed by atoms with van der Waals surface area (Å²) in [7, 11) is 2.04. The van der Waals surface area contributed by atoms with Gasteiger partial charge in [-0.05, 0) is 25.1 Å². The number of benzene rings is 1. The highest BCUT2D eigenvalue weighted by Crippen LogP contribution is 2.37. The molecule has 7 nitrogen and oxygen atoms in total. The molecule has 1 fully saturated rings. The maximum Gasteiger partial charge on any atom is 0.279 e. The van der Waals surface area contributed by atoms with Gasteiger partial charge in [0.25, 0.3) is 5.91 Å². The molecular weight excluding hydrogens is 346 g/mol. The molecule has 0 bridgehead atoms. The predicted molar refractivity (Wildman–Crippen MR) is 99.3 cm³/mol. The van der Waals surface area contributed by atoms with E-state index < -0.39 is 0 Å². The van der Waals surface area contributed by atoms with Gasteiger partial charge in [-0.2, -0.15) is 0 Å². The highest BCUT2D eigenvalue weighted by Gasteiger charge is 2.33. The van der Waals surface area contributed by atoms with Gasteiger partial charge in [-0.1, -0.05) is 0 Å². The number of aryl methyl sites for hydroxylation is 1. The van der Waals surface area contributed by atoms with E-state index in [0.29, 0.717) is 35.3 Å². The minimum Gasteiger partial charge on any atom is -0.454 e. The van der Waals surface area contributed by atoms with Gasteiger partial charge < -0.3 is 24.3 Å². The Bertz CT molecular complexity index is 889. The number of Topliss-reactive ketones (excluding diaryl/α,β-unsaturated/α-hetero) is 1. The minimum absolute atomic E-state index is 0.104.